The monoisotopic (exact) mass is 381 g/mol. The summed E-state index contributed by atoms with van der Waals surface area (Å²) < 4.78 is 0. The second-order valence-electron chi connectivity index (χ2n) is 6.95. The van der Waals surface area contributed by atoms with Gasteiger partial charge in [-0.2, -0.15) is 0 Å². The maximum Gasteiger partial charge on any atom is 0.307 e. The summed E-state index contributed by atoms with van der Waals surface area (Å²) in [6.07, 6.45) is 6.17. The Labute approximate surface area is 163 Å². The number of carbonyl (C=O) groups excluding carboxylic acids is 2. The average molecular weight is 381 g/mol. The number of anilines is 1. The second kappa shape index (κ2) is 9.12. The largest absolute Gasteiger partial charge is 0.481 e. The normalized spacial score (nSPS) is 18.9. The van der Waals surface area contributed by atoms with Crippen molar-refractivity contribution in [1.29, 1.82) is 0 Å². The molecule has 1 aromatic heterocycles. The van der Waals surface area contributed by atoms with E-state index >= 15 is 0 Å². The molecule has 0 aliphatic heterocycles. The molecule has 28 heavy (non-hydrogen) atoms. The number of aliphatic carboxylic acids is 1. The van der Waals surface area contributed by atoms with E-state index in [0.717, 1.165) is 18.4 Å². The third kappa shape index (κ3) is 4.94. The van der Waals surface area contributed by atoms with Gasteiger partial charge < -0.3 is 15.7 Å². The lowest BCUT2D eigenvalue weighted by molar-refractivity contribution is -0.147. The van der Waals surface area contributed by atoms with E-state index in [1.807, 2.05) is 6.07 Å². The molecule has 3 rings (SSSR count). The first-order chi connectivity index (χ1) is 13.5. The van der Waals surface area contributed by atoms with E-state index in [1.54, 1.807) is 42.7 Å². The van der Waals surface area contributed by atoms with Gasteiger partial charge in [0.15, 0.2) is 0 Å². The van der Waals surface area contributed by atoms with E-state index < -0.39 is 17.8 Å². The first-order valence-electron chi connectivity index (χ1n) is 9.35. The smallest absolute Gasteiger partial charge is 0.307 e. The predicted molar refractivity (Wildman–Crippen MR) is 104 cm³/mol. The number of pyridine rings is 1. The van der Waals surface area contributed by atoms with Crippen LogP contribution in [-0.4, -0.2) is 27.9 Å². The first-order valence-corrected chi connectivity index (χ1v) is 9.35. The van der Waals surface area contributed by atoms with Crippen molar-refractivity contribution in [1.82, 2.24) is 10.3 Å². The van der Waals surface area contributed by atoms with Gasteiger partial charge in [-0.25, -0.2) is 0 Å². The molecule has 2 amide bonds. The SMILES string of the molecule is O=C(NCc1cccnc1)c1ccc(NC(=O)C2CCCCC2C(=O)O)cc1. The van der Waals surface area contributed by atoms with E-state index in [9.17, 15) is 19.5 Å². The van der Waals surface area contributed by atoms with Crippen LogP contribution in [0.1, 0.15) is 41.6 Å². The molecule has 1 saturated carbocycles. The van der Waals surface area contributed by atoms with Crippen LogP contribution in [0.15, 0.2) is 48.8 Å². The molecule has 0 radical (unpaired) electrons. The number of carboxylic acid groups (broad SMARTS) is 1. The fraction of sp³-hybridized carbons (Fsp3) is 0.333. The summed E-state index contributed by atoms with van der Waals surface area (Å²) in [6.45, 7) is 0.378. The fourth-order valence-electron chi connectivity index (χ4n) is 3.47. The number of carboxylic acids is 1. The molecule has 1 fully saturated rings. The Morgan fingerprint density at radius 1 is 1.04 bits per heavy atom. The maximum absolute atomic E-state index is 12.5. The number of nitrogens with one attached hydrogen (secondary N) is 2. The van der Waals surface area contributed by atoms with Crippen LogP contribution in [-0.2, 0) is 16.1 Å². The van der Waals surface area contributed by atoms with Crippen LogP contribution >= 0.6 is 0 Å². The van der Waals surface area contributed by atoms with E-state index in [4.69, 9.17) is 0 Å². The van der Waals surface area contributed by atoms with Gasteiger partial charge in [0, 0.05) is 30.2 Å². The molecular formula is C21H23N3O4. The molecule has 146 valence electrons. The van der Waals surface area contributed by atoms with Crippen molar-refractivity contribution >= 4 is 23.5 Å². The Morgan fingerprint density at radius 2 is 1.75 bits per heavy atom. The number of hydrogen-bond donors (Lipinski definition) is 3. The van der Waals surface area contributed by atoms with Crippen molar-refractivity contribution in [3.8, 4) is 0 Å². The third-order valence-electron chi connectivity index (χ3n) is 5.01. The lowest BCUT2D eigenvalue weighted by Gasteiger charge is -2.27. The molecule has 7 heteroatoms. The molecule has 0 spiro atoms. The summed E-state index contributed by atoms with van der Waals surface area (Å²) in [5.74, 6) is -2.57. The molecular weight excluding hydrogens is 358 g/mol. The minimum absolute atomic E-state index is 0.222. The number of carbonyl (C=O) groups is 3. The lowest BCUT2D eigenvalue weighted by Crippen LogP contribution is -2.36. The maximum atomic E-state index is 12.5. The predicted octanol–water partition coefficient (Wildman–Crippen LogP) is 2.84. The topological polar surface area (TPSA) is 108 Å². The van der Waals surface area contributed by atoms with E-state index in [1.165, 1.54) is 0 Å². The summed E-state index contributed by atoms with van der Waals surface area (Å²) in [6, 6.07) is 10.2. The number of rotatable bonds is 6. The molecule has 1 aromatic carbocycles. The van der Waals surface area contributed by atoms with Gasteiger partial charge in [0.25, 0.3) is 5.91 Å². The van der Waals surface area contributed by atoms with Crippen molar-refractivity contribution in [2.75, 3.05) is 5.32 Å². The van der Waals surface area contributed by atoms with Gasteiger partial charge in [0.2, 0.25) is 5.91 Å². The molecule has 1 heterocycles. The average Bonchev–Trinajstić information content (AvgIpc) is 2.73. The number of nitrogens with zero attached hydrogens (tertiary/aromatic N) is 1. The first kappa shape index (κ1) is 19.5. The molecule has 7 nitrogen and oxygen atoms in total. The van der Waals surface area contributed by atoms with E-state index in [0.29, 0.717) is 30.6 Å². The van der Waals surface area contributed by atoms with Gasteiger partial charge in [-0.1, -0.05) is 18.9 Å². The summed E-state index contributed by atoms with van der Waals surface area (Å²) >= 11 is 0. The van der Waals surface area contributed by atoms with Crippen LogP contribution in [0.25, 0.3) is 0 Å². The summed E-state index contributed by atoms with van der Waals surface area (Å²) in [5, 5.41) is 14.9. The van der Waals surface area contributed by atoms with Crippen LogP contribution in [0.2, 0.25) is 0 Å². The van der Waals surface area contributed by atoms with Gasteiger partial charge in [-0.3, -0.25) is 19.4 Å². The summed E-state index contributed by atoms with van der Waals surface area (Å²) in [4.78, 5) is 40.1. The molecule has 2 aromatic rings. The Bertz CT molecular complexity index is 836. The third-order valence-corrected chi connectivity index (χ3v) is 5.01. The van der Waals surface area contributed by atoms with Gasteiger partial charge in [-0.05, 0) is 48.7 Å². The van der Waals surface area contributed by atoms with Crippen LogP contribution in [0.3, 0.4) is 0 Å². The molecule has 1 aliphatic rings. The summed E-state index contributed by atoms with van der Waals surface area (Å²) in [5.41, 5.74) is 1.92. The zero-order valence-corrected chi connectivity index (χ0v) is 15.4. The number of amides is 2. The zero-order valence-electron chi connectivity index (χ0n) is 15.4. The highest BCUT2D eigenvalue weighted by atomic mass is 16.4. The fourth-order valence-corrected chi connectivity index (χ4v) is 3.47. The molecule has 2 atom stereocenters. The van der Waals surface area contributed by atoms with Crippen molar-refractivity contribution in [3.63, 3.8) is 0 Å². The van der Waals surface area contributed by atoms with Gasteiger partial charge in [0.1, 0.15) is 0 Å². The van der Waals surface area contributed by atoms with Crippen molar-refractivity contribution in [3.05, 3.63) is 59.9 Å². The molecule has 2 unspecified atom stereocenters. The highest BCUT2D eigenvalue weighted by Crippen LogP contribution is 2.31. The summed E-state index contributed by atoms with van der Waals surface area (Å²) in [7, 11) is 0. The van der Waals surface area contributed by atoms with Crippen LogP contribution in [0, 0.1) is 11.8 Å². The van der Waals surface area contributed by atoms with Crippen LogP contribution in [0.4, 0.5) is 5.69 Å². The standard InChI is InChI=1S/C21H23N3O4/c25-19(23-13-14-4-3-11-22-12-14)15-7-9-16(10-8-15)24-20(26)17-5-1-2-6-18(17)21(27)28/h3-4,7-12,17-18H,1-2,5-6,13H2,(H,23,25)(H,24,26)(H,27,28). The number of aromatic nitrogens is 1. The lowest BCUT2D eigenvalue weighted by atomic mass is 9.78. The van der Waals surface area contributed by atoms with Gasteiger partial charge in [-0.15, -0.1) is 0 Å². The Hall–Kier alpha value is -3.22. The van der Waals surface area contributed by atoms with Crippen molar-refractivity contribution in [2.45, 2.75) is 32.2 Å². The number of benzene rings is 1. The van der Waals surface area contributed by atoms with E-state index in [-0.39, 0.29) is 11.8 Å². The molecule has 0 saturated heterocycles. The van der Waals surface area contributed by atoms with Crippen molar-refractivity contribution < 1.29 is 19.5 Å². The van der Waals surface area contributed by atoms with Gasteiger partial charge >= 0.3 is 5.97 Å². The number of hydrogen-bond acceptors (Lipinski definition) is 4. The van der Waals surface area contributed by atoms with E-state index in [2.05, 4.69) is 15.6 Å². The van der Waals surface area contributed by atoms with Crippen LogP contribution < -0.4 is 10.6 Å². The van der Waals surface area contributed by atoms with Crippen molar-refractivity contribution in [2.24, 2.45) is 11.8 Å². The highest BCUT2D eigenvalue weighted by molar-refractivity contribution is 5.97. The molecule has 1 aliphatic carbocycles. The molecule has 3 N–H and O–H groups in total. The van der Waals surface area contributed by atoms with Gasteiger partial charge in [0.05, 0.1) is 11.8 Å². The minimum Gasteiger partial charge on any atom is -0.481 e. The quantitative estimate of drug-likeness (QED) is 0.713. The zero-order chi connectivity index (χ0) is 19.9. The Morgan fingerprint density at radius 3 is 2.39 bits per heavy atom. The van der Waals surface area contributed by atoms with Crippen LogP contribution in [0.5, 0.6) is 0 Å². The molecule has 0 bridgehead atoms. The Kier molecular flexibility index (Phi) is 6.37. The Balaban J connectivity index is 1.57. The second-order valence-corrected chi connectivity index (χ2v) is 6.95. The minimum atomic E-state index is -0.916. The highest BCUT2D eigenvalue weighted by Gasteiger charge is 2.35.